The van der Waals surface area contributed by atoms with Crippen molar-refractivity contribution in [1.82, 2.24) is 14.8 Å². The van der Waals surface area contributed by atoms with Gasteiger partial charge in [-0.1, -0.05) is 22.8 Å². The van der Waals surface area contributed by atoms with Crippen molar-refractivity contribution >= 4 is 32.6 Å². The highest BCUT2D eigenvalue weighted by Gasteiger charge is 2.27. The van der Waals surface area contributed by atoms with E-state index in [0.717, 1.165) is 43.6 Å². The molecule has 0 bridgehead atoms. The second-order valence-electron chi connectivity index (χ2n) is 7.31. The van der Waals surface area contributed by atoms with Crippen LogP contribution in [0, 0.1) is 11.7 Å². The number of aryl methyl sites for hydroxylation is 1. The first-order chi connectivity index (χ1) is 13.9. The van der Waals surface area contributed by atoms with Gasteiger partial charge < -0.3 is 9.42 Å². The van der Waals surface area contributed by atoms with Crippen LogP contribution >= 0.6 is 11.6 Å². The third-order valence-electron chi connectivity index (χ3n) is 5.10. The van der Waals surface area contributed by atoms with Crippen molar-refractivity contribution in [3.8, 4) is 0 Å². The number of hydrogen-bond donors (Lipinski definition) is 1. The minimum atomic E-state index is -3.54. The van der Waals surface area contributed by atoms with Crippen LogP contribution in [0.2, 0.25) is 5.02 Å². The lowest BCUT2D eigenvalue weighted by Gasteiger charge is -2.39. The number of fused-ring (bicyclic) bond motifs is 1. The average Bonchev–Trinajstić information content (AvgIpc) is 3.04. The summed E-state index contributed by atoms with van der Waals surface area (Å²) in [6.07, 6.45) is 1.65. The predicted octanol–water partition coefficient (Wildman–Crippen LogP) is 3.46. The lowest BCUT2D eigenvalue weighted by atomic mass is 10.00. The second-order valence-corrected chi connectivity index (χ2v) is 9.51. The van der Waals surface area contributed by atoms with E-state index in [-0.39, 0.29) is 10.7 Å². The first-order valence-electron chi connectivity index (χ1n) is 9.42. The van der Waals surface area contributed by atoms with E-state index < -0.39 is 10.0 Å². The molecule has 9 heteroatoms. The number of nitrogens with one attached hydrogen (secondary N) is 1. The normalized spacial score (nSPS) is 15.7. The fourth-order valence-corrected chi connectivity index (χ4v) is 4.96. The van der Waals surface area contributed by atoms with Crippen LogP contribution in [-0.2, 0) is 16.4 Å². The van der Waals surface area contributed by atoms with Crippen molar-refractivity contribution in [2.45, 2.75) is 17.7 Å². The number of sulfonamides is 1. The van der Waals surface area contributed by atoms with Crippen molar-refractivity contribution in [1.29, 1.82) is 0 Å². The molecule has 1 aliphatic heterocycles. The van der Waals surface area contributed by atoms with Gasteiger partial charge in [0.1, 0.15) is 5.82 Å². The zero-order chi connectivity index (χ0) is 20.4. The maximum absolute atomic E-state index is 13.2. The fourth-order valence-electron chi connectivity index (χ4n) is 3.55. The number of halogens is 2. The highest BCUT2D eigenvalue weighted by Crippen LogP contribution is 2.22. The highest BCUT2D eigenvalue weighted by atomic mass is 35.5. The second kappa shape index (κ2) is 8.39. The van der Waals surface area contributed by atoms with E-state index in [1.165, 1.54) is 24.3 Å². The third-order valence-corrected chi connectivity index (χ3v) is 6.75. The van der Waals surface area contributed by atoms with E-state index in [0.29, 0.717) is 23.1 Å². The molecule has 154 valence electrons. The highest BCUT2D eigenvalue weighted by molar-refractivity contribution is 7.89. The molecule has 4 rings (SSSR count). The molecule has 0 amide bonds. The van der Waals surface area contributed by atoms with Gasteiger partial charge in [-0.25, -0.2) is 17.5 Å². The summed E-state index contributed by atoms with van der Waals surface area (Å²) < 4.78 is 45.7. The molecule has 1 aliphatic rings. The van der Waals surface area contributed by atoms with Crippen LogP contribution in [0.5, 0.6) is 0 Å². The van der Waals surface area contributed by atoms with Crippen molar-refractivity contribution in [3.05, 3.63) is 59.0 Å². The van der Waals surface area contributed by atoms with Gasteiger partial charge in [0.05, 0.1) is 10.6 Å². The Morgan fingerprint density at radius 1 is 1.24 bits per heavy atom. The summed E-state index contributed by atoms with van der Waals surface area (Å²) in [5, 5.41) is 5.28. The van der Waals surface area contributed by atoms with E-state index in [4.69, 9.17) is 16.1 Å². The van der Waals surface area contributed by atoms with Crippen molar-refractivity contribution in [2.24, 2.45) is 5.92 Å². The van der Waals surface area contributed by atoms with Gasteiger partial charge in [0.2, 0.25) is 10.0 Å². The van der Waals surface area contributed by atoms with Gasteiger partial charge in [-0.05, 0) is 55.6 Å². The molecule has 0 saturated carbocycles. The first kappa shape index (κ1) is 20.3. The van der Waals surface area contributed by atoms with Gasteiger partial charge in [-0.2, -0.15) is 0 Å². The third kappa shape index (κ3) is 4.78. The van der Waals surface area contributed by atoms with Gasteiger partial charge in [-0.15, -0.1) is 0 Å². The Bertz CT molecular complexity index is 1110. The standard InChI is InChI=1S/C20H21ClFN3O3S/c21-15-3-1-4-17(9-15)29(26,27)23-11-14-12-25(13-14)8-2-5-19-18-7-6-16(22)10-20(18)28-24-19/h1,3-4,6-7,9-10,14,23H,2,5,8,11-13H2. The minimum absolute atomic E-state index is 0.181. The van der Waals surface area contributed by atoms with Crippen LogP contribution in [0.3, 0.4) is 0 Å². The Morgan fingerprint density at radius 2 is 2.07 bits per heavy atom. The van der Waals surface area contributed by atoms with Gasteiger partial charge in [-0.3, -0.25) is 0 Å². The van der Waals surface area contributed by atoms with Crippen LogP contribution in [0.1, 0.15) is 12.1 Å². The lowest BCUT2D eigenvalue weighted by molar-refractivity contribution is 0.102. The minimum Gasteiger partial charge on any atom is -0.356 e. The number of aromatic nitrogens is 1. The molecule has 29 heavy (non-hydrogen) atoms. The summed E-state index contributed by atoms with van der Waals surface area (Å²) in [5.41, 5.74) is 1.31. The molecule has 1 N–H and O–H groups in total. The lowest BCUT2D eigenvalue weighted by Crippen LogP contribution is -2.51. The Balaban J connectivity index is 1.20. The van der Waals surface area contributed by atoms with Gasteiger partial charge in [0.25, 0.3) is 0 Å². The topological polar surface area (TPSA) is 75.4 Å². The van der Waals surface area contributed by atoms with E-state index in [2.05, 4.69) is 14.8 Å². The maximum atomic E-state index is 13.2. The molecule has 1 fully saturated rings. The molecule has 0 atom stereocenters. The summed E-state index contributed by atoms with van der Waals surface area (Å²) in [4.78, 5) is 2.46. The van der Waals surface area contributed by atoms with Crippen LogP contribution < -0.4 is 4.72 Å². The number of hydrogen-bond acceptors (Lipinski definition) is 5. The SMILES string of the molecule is O=S(=O)(NCC1CN(CCCc2noc3cc(F)ccc23)C1)c1cccc(Cl)c1. The number of rotatable bonds is 8. The zero-order valence-electron chi connectivity index (χ0n) is 15.6. The van der Waals surface area contributed by atoms with E-state index in [9.17, 15) is 12.8 Å². The Hall–Kier alpha value is -2.00. The van der Waals surface area contributed by atoms with Crippen LogP contribution in [-0.4, -0.2) is 44.7 Å². The fraction of sp³-hybridized carbons (Fsp3) is 0.350. The molecule has 2 aromatic carbocycles. The van der Waals surface area contributed by atoms with Crippen molar-refractivity contribution in [3.63, 3.8) is 0 Å². The van der Waals surface area contributed by atoms with E-state index in [1.54, 1.807) is 18.2 Å². The molecule has 0 spiro atoms. The summed E-state index contributed by atoms with van der Waals surface area (Å²) in [6.45, 7) is 3.00. The molecule has 2 heterocycles. The quantitative estimate of drug-likeness (QED) is 0.584. The zero-order valence-corrected chi connectivity index (χ0v) is 17.2. The number of likely N-dealkylation sites (tertiary alicyclic amines) is 1. The molecule has 1 saturated heterocycles. The molecule has 1 aromatic heterocycles. The van der Waals surface area contributed by atoms with Gasteiger partial charge >= 0.3 is 0 Å². The van der Waals surface area contributed by atoms with Crippen LogP contribution in [0.15, 0.2) is 51.9 Å². The largest absolute Gasteiger partial charge is 0.356 e. The Morgan fingerprint density at radius 3 is 2.86 bits per heavy atom. The molecule has 6 nitrogen and oxygen atoms in total. The summed E-state index contributed by atoms with van der Waals surface area (Å²) in [7, 11) is -3.54. The average molecular weight is 438 g/mol. The van der Waals surface area contributed by atoms with Crippen LogP contribution in [0.4, 0.5) is 4.39 Å². The first-order valence-corrected chi connectivity index (χ1v) is 11.3. The molecule has 0 unspecified atom stereocenters. The predicted molar refractivity (Wildman–Crippen MR) is 109 cm³/mol. The summed E-state index contributed by atoms with van der Waals surface area (Å²) in [6, 6.07) is 10.7. The molecule has 0 radical (unpaired) electrons. The van der Waals surface area contributed by atoms with E-state index >= 15 is 0 Å². The van der Waals surface area contributed by atoms with Crippen molar-refractivity contribution in [2.75, 3.05) is 26.2 Å². The number of benzene rings is 2. The Kier molecular flexibility index (Phi) is 5.87. The van der Waals surface area contributed by atoms with Gasteiger partial charge in [0.15, 0.2) is 5.58 Å². The summed E-state index contributed by atoms with van der Waals surface area (Å²) in [5.74, 6) is -0.0439. The van der Waals surface area contributed by atoms with E-state index in [1.807, 2.05) is 0 Å². The monoisotopic (exact) mass is 437 g/mol. The smallest absolute Gasteiger partial charge is 0.240 e. The molecule has 3 aromatic rings. The maximum Gasteiger partial charge on any atom is 0.240 e. The van der Waals surface area contributed by atoms with Crippen molar-refractivity contribution < 1.29 is 17.3 Å². The molecular formula is C20H21ClFN3O3S. The molecular weight excluding hydrogens is 417 g/mol. The number of nitrogens with zero attached hydrogens (tertiary/aromatic N) is 2. The van der Waals surface area contributed by atoms with Crippen LogP contribution in [0.25, 0.3) is 11.0 Å². The summed E-state index contributed by atoms with van der Waals surface area (Å²) >= 11 is 5.87. The Labute approximate surface area is 173 Å². The molecule has 0 aliphatic carbocycles. The van der Waals surface area contributed by atoms with Gasteiger partial charge in [0, 0.05) is 36.1 Å².